The van der Waals surface area contributed by atoms with Crippen LogP contribution in [0.3, 0.4) is 0 Å². The summed E-state index contributed by atoms with van der Waals surface area (Å²) in [6, 6.07) is 17.0. The van der Waals surface area contributed by atoms with Gasteiger partial charge in [0, 0.05) is 5.02 Å². The molecule has 0 spiro atoms. The molecule has 0 aliphatic heterocycles. The van der Waals surface area contributed by atoms with Crippen molar-refractivity contribution in [3.8, 4) is 17.3 Å². The Kier molecular flexibility index (Phi) is 3.83. The van der Waals surface area contributed by atoms with Gasteiger partial charge in [0.05, 0.1) is 17.4 Å². The summed E-state index contributed by atoms with van der Waals surface area (Å²) >= 11 is 11.3. The molecule has 0 saturated carbocycles. The summed E-state index contributed by atoms with van der Waals surface area (Å²) < 4.78 is 2.96. The molecule has 0 amide bonds. The number of hydrogen-bond donors (Lipinski definition) is 1. The highest BCUT2D eigenvalue weighted by Gasteiger charge is 2.11. The first kappa shape index (κ1) is 14.6. The Balaban J connectivity index is 2.31. The molecular weight excluding hydrogens is 320 g/mol. The van der Waals surface area contributed by atoms with E-state index < -0.39 is 0 Å². The van der Waals surface area contributed by atoms with Crippen molar-refractivity contribution in [3.05, 3.63) is 80.8 Å². The summed E-state index contributed by atoms with van der Waals surface area (Å²) in [4.78, 5) is 12.2. The minimum absolute atomic E-state index is 0.179. The number of rotatable bonds is 2. The lowest BCUT2D eigenvalue weighted by atomic mass is 10.3. The standard InChI is InChI=1S/C16H11ClN2O2S/c17-11-6-8-13(9-7-11)19-15(21)10-14(20)18(16(19)22)12-4-2-1-3-5-12/h1-10,21H. The second-order valence-electron chi connectivity index (χ2n) is 4.61. The Bertz CT molecular complexity index is 931. The van der Waals surface area contributed by atoms with Crippen molar-refractivity contribution in [1.82, 2.24) is 9.13 Å². The Morgan fingerprint density at radius 3 is 2.14 bits per heavy atom. The highest BCUT2D eigenvalue weighted by molar-refractivity contribution is 7.71. The van der Waals surface area contributed by atoms with Gasteiger partial charge in [-0.1, -0.05) is 29.8 Å². The first-order valence-electron chi connectivity index (χ1n) is 6.47. The fraction of sp³-hybridized carbons (Fsp3) is 0. The molecule has 3 aromatic rings. The van der Waals surface area contributed by atoms with Gasteiger partial charge in [-0.05, 0) is 48.6 Å². The van der Waals surface area contributed by atoms with Gasteiger partial charge in [-0.25, -0.2) is 0 Å². The fourth-order valence-electron chi connectivity index (χ4n) is 2.18. The molecule has 6 heteroatoms. The Hall–Kier alpha value is -2.37. The van der Waals surface area contributed by atoms with Gasteiger partial charge in [-0.3, -0.25) is 13.9 Å². The van der Waals surface area contributed by atoms with Crippen LogP contribution in [0.5, 0.6) is 5.88 Å². The molecule has 1 aromatic heterocycles. The van der Waals surface area contributed by atoms with Gasteiger partial charge in [-0.15, -0.1) is 0 Å². The fourth-order valence-corrected chi connectivity index (χ4v) is 2.70. The number of halogens is 1. The highest BCUT2D eigenvalue weighted by Crippen LogP contribution is 2.20. The van der Waals surface area contributed by atoms with Crippen LogP contribution in [0.1, 0.15) is 0 Å². The van der Waals surface area contributed by atoms with Crippen molar-refractivity contribution < 1.29 is 5.11 Å². The lowest BCUT2D eigenvalue weighted by Crippen LogP contribution is -2.22. The summed E-state index contributed by atoms with van der Waals surface area (Å²) in [7, 11) is 0. The molecule has 22 heavy (non-hydrogen) atoms. The minimum Gasteiger partial charge on any atom is -0.494 e. The SMILES string of the molecule is O=c1cc(O)n(-c2ccc(Cl)cc2)c(=S)n1-c1ccccc1. The molecule has 110 valence electrons. The third-order valence-corrected chi connectivity index (χ3v) is 3.80. The molecule has 1 heterocycles. The maximum Gasteiger partial charge on any atom is 0.262 e. The lowest BCUT2D eigenvalue weighted by molar-refractivity contribution is 0.431. The van der Waals surface area contributed by atoms with Crippen molar-refractivity contribution in [2.75, 3.05) is 0 Å². The van der Waals surface area contributed by atoms with Gasteiger partial charge in [0.25, 0.3) is 5.56 Å². The number of aromatic hydroxyl groups is 1. The van der Waals surface area contributed by atoms with E-state index in [9.17, 15) is 9.90 Å². The summed E-state index contributed by atoms with van der Waals surface area (Å²) in [6.45, 7) is 0. The third kappa shape index (κ3) is 2.56. The topological polar surface area (TPSA) is 47.2 Å². The molecule has 0 bridgehead atoms. The van der Waals surface area contributed by atoms with Crippen LogP contribution in [0, 0.1) is 4.77 Å². The van der Waals surface area contributed by atoms with Crippen LogP contribution in [-0.4, -0.2) is 14.2 Å². The zero-order valence-corrected chi connectivity index (χ0v) is 12.9. The zero-order valence-electron chi connectivity index (χ0n) is 11.3. The number of hydrogen-bond acceptors (Lipinski definition) is 3. The van der Waals surface area contributed by atoms with Crippen molar-refractivity contribution in [3.63, 3.8) is 0 Å². The largest absolute Gasteiger partial charge is 0.494 e. The van der Waals surface area contributed by atoms with E-state index in [1.54, 1.807) is 36.4 Å². The van der Waals surface area contributed by atoms with E-state index in [0.717, 1.165) is 6.07 Å². The minimum atomic E-state index is -0.390. The van der Waals surface area contributed by atoms with Crippen LogP contribution in [0.2, 0.25) is 5.02 Å². The Morgan fingerprint density at radius 1 is 0.909 bits per heavy atom. The van der Waals surface area contributed by atoms with Crippen LogP contribution in [0.25, 0.3) is 11.4 Å². The van der Waals surface area contributed by atoms with Gasteiger partial charge < -0.3 is 5.11 Å². The molecule has 0 unspecified atom stereocenters. The summed E-state index contributed by atoms with van der Waals surface area (Å²) in [5.74, 6) is -0.218. The monoisotopic (exact) mass is 330 g/mol. The average molecular weight is 331 g/mol. The van der Waals surface area contributed by atoms with Crippen LogP contribution in [0.4, 0.5) is 0 Å². The quantitative estimate of drug-likeness (QED) is 0.728. The molecule has 1 N–H and O–H groups in total. The first-order valence-corrected chi connectivity index (χ1v) is 7.26. The molecule has 0 aliphatic carbocycles. The molecule has 2 aromatic carbocycles. The average Bonchev–Trinajstić information content (AvgIpc) is 2.50. The van der Waals surface area contributed by atoms with Crippen LogP contribution < -0.4 is 5.56 Å². The number of para-hydroxylation sites is 1. The molecule has 0 atom stereocenters. The number of nitrogens with zero attached hydrogens (tertiary/aromatic N) is 2. The van der Waals surface area contributed by atoms with Crippen molar-refractivity contribution in [2.45, 2.75) is 0 Å². The predicted molar refractivity (Wildman–Crippen MR) is 88.9 cm³/mol. The van der Waals surface area contributed by atoms with E-state index in [4.69, 9.17) is 23.8 Å². The van der Waals surface area contributed by atoms with Gasteiger partial charge in [0.15, 0.2) is 4.77 Å². The third-order valence-electron chi connectivity index (χ3n) is 3.18. The highest BCUT2D eigenvalue weighted by atomic mass is 35.5. The second-order valence-corrected chi connectivity index (χ2v) is 5.41. The summed E-state index contributed by atoms with van der Waals surface area (Å²) in [5.41, 5.74) is 0.871. The van der Waals surface area contributed by atoms with E-state index in [1.165, 1.54) is 9.13 Å². The number of aromatic nitrogens is 2. The van der Waals surface area contributed by atoms with E-state index in [-0.39, 0.29) is 16.2 Å². The van der Waals surface area contributed by atoms with E-state index in [1.807, 2.05) is 18.2 Å². The van der Waals surface area contributed by atoms with Crippen molar-refractivity contribution in [1.29, 1.82) is 0 Å². The van der Waals surface area contributed by atoms with Gasteiger partial charge in [-0.2, -0.15) is 0 Å². The normalized spacial score (nSPS) is 10.6. The Morgan fingerprint density at radius 2 is 1.50 bits per heavy atom. The van der Waals surface area contributed by atoms with Gasteiger partial charge >= 0.3 is 0 Å². The molecule has 0 radical (unpaired) electrons. The summed E-state index contributed by atoms with van der Waals surface area (Å²) in [6.07, 6.45) is 0. The zero-order chi connectivity index (χ0) is 15.7. The number of benzene rings is 2. The van der Waals surface area contributed by atoms with E-state index in [2.05, 4.69) is 0 Å². The molecule has 0 aliphatic rings. The first-order chi connectivity index (χ1) is 10.6. The molecule has 4 nitrogen and oxygen atoms in total. The van der Waals surface area contributed by atoms with Crippen LogP contribution in [0.15, 0.2) is 65.5 Å². The maximum absolute atomic E-state index is 12.2. The van der Waals surface area contributed by atoms with Gasteiger partial charge in [0.1, 0.15) is 0 Å². The maximum atomic E-state index is 12.2. The molecule has 3 rings (SSSR count). The van der Waals surface area contributed by atoms with Crippen LogP contribution >= 0.6 is 23.8 Å². The Labute approximate surface area is 136 Å². The smallest absolute Gasteiger partial charge is 0.262 e. The van der Waals surface area contributed by atoms with E-state index >= 15 is 0 Å². The summed E-state index contributed by atoms with van der Waals surface area (Å²) in [5, 5.41) is 10.7. The second kappa shape index (κ2) is 5.79. The van der Waals surface area contributed by atoms with E-state index in [0.29, 0.717) is 16.4 Å². The van der Waals surface area contributed by atoms with Crippen molar-refractivity contribution >= 4 is 23.8 Å². The van der Waals surface area contributed by atoms with Crippen LogP contribution in [-0.2, 0) is 0 Å². The predicted octanol–water partition coefficient (Wildman–Crippen LogP) is 3.72. The lowest BCUT2D eigenvalue weighted by Gasteiger charge is -2.14. The van der Waals surface area contributed by atoms with Gasteiger partial charge in [0.2, 0.25) is 5.88 Å². The molecular formula is C16H11ClN2O2S. The van der Waals surface area contributed by atoms with Crippen molar-refractivity contribution in [2.24, 2.45) is 0 Å². The molecule has 0 fully saturated rings. The molecule has 0 saturated heterocycles.